The maximum Gasteiger partial charge on any atom is 0.256 e. The number of H-pyrrole nitrogens is 1. The highest BCUT2D eigenvalue weighted by Gasteiger charge is 2.08. The average Bonchev–Trinajstić information content (AvgIpc) is 2.24. The number of hydrogen-bond acceptors (Lipinski definition) is 3. The number of pyridine rings is 1. The molecule has 0 unspecified atom stereocenters. The minimum absolute atomic E-state index is 0.151. The highest BCUT2D eigenvalue weighted by molar-refractivity contribution is 5.93. The Morgan fingerprint density at radius 1 is 1.50 bits per heavy atom. The van der Waals surface area contributed by atoms with E-state index in [0.717, 1.165) is 18.5 Å². The van der Waals surface area contributed by atoms with E-state index < -0.39 is 0 Å². The van der Waals surface area contributed by atoms with Gasteiger partial charge >= 0.3 is 0 Å². The van der Waals surface area contributed by atoms with Gasteiger partial charge in [0.25, 0.3) is 5.91 Å². The summed E-state index contributed by atoms with van der Waals surface area (Å²) in [7, 11) is 0. The maximum atomic E-state index is 11.6. The van der Waals surface area contributed by atoms with E-state index in [1.807, 2.05) is 0 Å². The molecule has 0 aliphatic heterocycles. The lowest BCUT2D eigenvalue weighted by atomic mass is 10.2. The van der Waals surface area contributed by atoms with Crippen LogP contribution in [-0.2, 0) is 0 Å². The van der Waals surface area contributed by atoms with Crippen LogP contribution in [0.25, 0.3) is 0 Å². The van der Waals surface area contributed by atoms with Gasteiger partial charge in [-0.2, -0.15) is 0 Å². The Bertz CT molecular complexity index is 412. The van der Waals surface area contributed by atoms with Crippen LogP contribution in [0.1, 0.15) is 28.9 Å². The second-order valence-electron chi connectivity index (χ2n) is 3.65. The topological polar surface area (TPSA) is 88.0 Å². The van der Waals surface area contributed by atoms with Crippen LogP contribution in [0, 0.1) is 6.92 Å². The van der Waals surface area contributed by atoms with E-state index in [4.69, 9.17) is 5.73 Å². The van der Waals surface area contributed by atoms with Gasteiger partial charge in [-0.25, -0.2) is 0 Å². The fourth-order valence-electron chi connectivity index (χ4n) is 1.32. The normalized spacial score (nSPS) is 10.1. The van der Waals surface area contributed by atoms with Gasteiger partial charge in [0.15, 0.2) is 5.43 Å². The van der Waals surface area contributed by atoms with E-state index in [-0.39, 0.29) is 16.9 Å². The fraction of sp³-hybridized carbons (Fsp3) is 0.455. The zero-order valence-corrected chi connectivity index (χ0v) is 9.38. The van der Waals surface area contributed by atoms with E-state index in [9.17, 15) is 9.59 Å². The van der Waals surface area contributed by atoms with Gasteiger partial charge in [-0.3, -0.25) is 9.59 Å². The lowest BCUT2D eigenvalue weighted by molar-refractivity contribution is 0.0951. The van der Waals surface area contributed by atoms with Crippen LogP contribution in [0.15, 0.2) is 17.1 Å². The number of nitrogens with two attached hydrogens (primary N) is 1. The van der Waals surface area contributed by atoms with Gasteiger partial charge in [-0.05, 0) is 26.3 Å². The predicted molar refractivity (Wildman–Crippen MR) is 62.4 cm³/mol. The molecule has 0 aliphatic rings. The third-order valence-corrected chi connectivity index (χ3v) is 2.22. The molecule has 1 aromatic heterocycles. The summed E-state index contributed by atoms with van der Waals surface area (Å²) in [4.78, 5) is 25.9. The summed E-state index contributed by atoms with van der Waals surface area (Å²) in [5, 5.41) is 2.68. The number of aromatic nitrogens is 1. The van der Waals surface area contributed by atoms with Crippen LogP contribution in [0.3, 0.4) is 0 Å². The minimum atomic E-state index is -0.335. The van der Waals surface area contributed by atoms with Crippen molar-refractivity contribution < 1.29 is 4.79 Å². The Morgan fingerprint density at radius 2 is 2.25 bits per heavy atom. The van der Waals surface area contributed by atoms with Gasteiger partial charge in [-0.1, -0.05) is 0 Å². The summed E-state index contributed by atoms with van der Waals surface area (Å²) in [5.74, 6) is -0.335. The number of amides is 1. The largest absolute Gasteiger partial charge is 0.364 e. The highest BCUT2D eigenvalue weighted by Crippen LogP contribution is 1.92. The fourth-order valence-corrected chi connectivity index (χ4v) is 1.32. The average molecular weight is 223 g/mol. The number of aryl methyl sites for hydroxylation is 1. The van der Waals surface area contributed by atoms with Crippen LogP contribution in [0.4, 0.5) is 0 Å². The summed E-state index contributed by atoms with van der Waals surface area (Å²) in [5.41, 5.74) is 5.96. The molecule has 0 aromatic carbocycles. The molecule has 5 heteroatoms. The molecule has 0 atom stereocenters. The zero-order chi connectivity index (χ0) is 12.0. The molecule has 5 nitrogen and oxygen atoms in total. The van der Waals surface area contributed by atoms with Crippen LogP contribution >= 0.6 is 0 Å². The number of carbonyl (C=O) groups is 1. The van der Waals surface area contributed by atoms with E-state index >= 15 is 0 Å². The summed E-state index contributed by atoms with van der Waals surface area (Å²) >= 11 is 0. The Morgan fingerprint density at radius 3 is 2.88 bits per heavy atom. The second-order valence-corrected chi connectivity index (χ2v) is 3.65. The lowest BCUT2D eigenvalue weighted by Gasteiger charge is -2.04. The first kappa shape index (κ1) is 12.4. The van der Waals surface area contributed by atoms with Crippen LogP contribution in [-0.4, -0.2) is 24.0 Å². The van der Waals surface area contributed by atoms with Crippen molar-refractivity contribution in [1.82, 2.24) is 10.3 Å². The second kappa shape index (κ2) is 6.07. The maximum absolute atomic E-state index is 11.6. The first-order chi connectivity index (χ1) is 7.65. The SMILES string of the molecule is Cc1cc(=O)c(C(=O)NCCCCN)c[nH]1. The van der Waals surface area contributed by atoms with Gasteiger partial charge in [0.1, 0.15) is 5.56 Å². The minimum Gasteiger partial charge on any atom is -0.364 e. The molecular formula is C11H17N3O2. The van der Waals surface area contributed by atoms with Crippen molar-refractivity contribution in [2.24, 2.45) is 5.73 Å². The number of unbranched alkanes of at least 4 members (excludes halogenated alkanes) is 1. The standard InChI is InChI=1S/C11H17N3O2/c1-8-6-10(15)9(7-14-8)11(16)13-5-3-2-4-12/h6-7H,2-5,12H2,1H3,(H,13,16)(H,14,15). The predicted octanol–water partition coefficient (Wildman–Crippen LogP) is 0.152. The number of rotatable bonds is 5. The van der Waals surface area contributed by atoms with Gasteiger partial charge in [-0.15, -0.1) is 0 Å². The molecule has 1 amide bonds. The molecule has 0 spiro atoms. The summed E-state index contributed by atoms with van der Waals surface area (Å²) in [6, 6.07) is 1.41. The van der Waals surface area contributed by atoms with Gasteiger partial charge in [0.05, 0.1) is 0 Å². The van der Waals surface area contributed by atoms with Gasteiger partial charge < -0.3 is 16.0 Å². The molecule has 0 aliphatic carbocycles. The molecule has 1 aromatic rings. The molecular weight excluding hydrogens is 206 g/mol. The quantitative estimate of drug-likeness (QED) is 0.621. The van der Waals surface area contributed by atoms with E-state index in [2.05, 4.69) is 10.3 Å². The van der Waals surface area contributed by atoms with Crippen molar-refractivity contribution in [3.8, 4) is 0 Å². The third kappa shape index (κ3) is 3.51. The first-order valence-electron chi connectivity index (χ1n) is 5.32. The van der Waals surface area contributed by atoms with Gasteiger partial charge in [0, 0.05) is 24.5 Å². The van der Waals surface area contributed by atoms with Crippen molar-refractivity contribution in [3.63, 3.8) is 0 Å². The zero-order valence-electron chi connectivity index (χ0n) is 9.38. The Hall–Kier alpha value is -1.62. The summed E-state index contributed by atoms with van der Waals surface area (Å²) in [6.45, 7) is 2.93. The number of hydrogen-bond donors (Lipinski definition) is 3. The van der Waals surface area contributed by atoms with Crippen LogP contribution < -0.4 is 16.5 Å². The molecule has 0 radical (unpaired) electrons. The van der Waals surface area contributed by atoms with Crippen molar-refractivity contribution in [2.75, 3.05) is 13.1 Å². The van der Waals surface area contributed by atoms with Crippen LogP contribution in [0.2, 0.25) is 0 Å². The number of nitrogens with one attached hydrogen (secondary N) is 2. The molecule has 88 valence electrons. The first-order valence-corrected chi connectivity index (χ1v) is 5.32. The third-order valence-electron chi connectivity index (χ3n) is 2.22. The number of aromatic amines is 1. The van der Waals surface area contributed by atoms with E-state index in [1.54, 1.807) is 6.92 Å². The Kier molecular flexibility index (Phi) is 4.72. The van der Waals surface area contributed by atoms with Crippen molar-refractivity contribution in [3.05, 3.63) is 33.7 Å². The van der Waals surface area contributed by atoms with Crippen molar-refractivity contribution in [2.45, 2.75) is 19.8 Å². The molecule has 0 fully saturated rings. The molecule has 0 bridgehead atoms. The van der Waals surface area contributed by atoms with E-state index in [0.29, 0.717) is 13.1 Å². The lowest BCUT2D eigenvalue weighted by Crippen LogP contribution is -2.29. The van der Waals surface area contributed by atoms with Gasteiger partial charge in [0.2, 0.25) is 0 Å². The molecule has 0 saturated heterocycles. The Balaban J connectivity index is 2.56. The molecule has 1 rings (SSSR count). The molecule has 0 saturated carbocycles. The molecule has 4 N–H and O–H groups in total. The van der Waals surface area contributed by atoms with E-state index in [1.165, 1.54) is 12.3 Å². The summed E-state index contributed by atoms with van der Waals surface area (Å²) < 4.78 is 0. The monoisotopic (exact) mass is 223 g/mol. The number of carbonyl (C=O) groups excluding carboxylic acids is 1. The van der Waals surface area contributed by atoms with Crippen molar-refractivity contribution >= 4 is 5.91 Å². The molecule has 1 heterocycles. The van der Waals surface area contributed by atoms with Crippen LogP contribution in [0.5, 0.6) is 0 Å². The molecule has 16 heavy (non-hydrogen) atoms. The van der Waals surface area contributed by atoms with Crippen molar-refractivity contribution in [1.29, 1.82) is 0 Å². The highest BCUT2D eigenvalue weighted by atomic mass is 16.2. The Labute approximate surface area is 94.1 Å². The summed E-state index contributed by atoms with van der Waals surface area (Å²) in [6.07, 6.45) is 3.13. The smallest absolute Gasteiger partial charge is 0.256 e.